The van der Waals surface area contributed by atoms with Gasteiger partial charge in [-0.25, -0.2) is 4.68 Å². The summed E-state index contributed by atoms with van der Waals surface area (Å²) in [7, 11) is 0. The van der Waals surface area contributed by atoms with Crippen molar-refractivity contribution in [2.45, 2.75) is 6.92 Å². The number of rotatable bonds is 3. The summed E-state index contributed by atoms with van der Waals surface area (Å²) in [6, 6.07) is 8.90. The molecular weight excluding hydrogens is 258 g/mol. The fraction of sp³-hybridized carbons (Fsp3) is 0.0769. The van der Waals surface area contributed by atoms with Crippen LogP contribution in [0.5, 0.6) is 0 Å². The number of amides is 1. The molecule has 100 valence electrons. The largest absolute Gasteiger partial charge is 0.459 e. The van der Waals surface area contributed by atoms with Crippen LogP contribution in [0.1, 0.15) is 16.1 Å². The maximum absolute atomic E-state index is 12.0. The highest BCUT2D eigenvalue weighted by Crippen LogP contribution is 2.15. The average molecular weight is 269 g/mol. The number of anilines is 1. The molecular formula is C13H11N5O2. The third-order valence-corrected chi connectivity index (χ3v) is 2.81. The van der Waals surface area contributed by atoms with Gasteiger partial charge in [0.1, 0.15) is 6.33 Å². The molecule has 1 aromatic carbocycles. The maximum Gasteiger partial charge on any atom is 0.291 e. The highest BCUT2D eigenvalue weighted by Gasteiger charge is 2.12. The number of hydrogen-bond acceptors (Lipinski definition) is 5. The molecule has 20 heavy (non-hydrogen) atoms. The van der Waals surface area contributed by atoms with Gasteiger partial charge in [-0.3, -0.25) is 4.79 Å². The third-order valence-electron chi connectivity index (χ3n) is 2.81. The van der Waals surface area contributed by atoms with Gasteiger partial charge >= 0.3 is 0 Å². The molecule has 0 aliphatic rings. The average Bonchev–Trinajstić information content (AvgIpc) is 3.10. The van der Waals surface area contributed by atoms with Crippen molar-refractivity contribution in [3.05, 3.63) is 54.2 Å². The van der Waals surface area contributed by atoms with Crippen molar-refractivity contribution in [3.8, 4) is 5.69 Å². The monoisotopic (exact) mass is 269 g/mol. The van der Waals surface area contributed by atoms with Crippen LogP contribution < -0.4 is 5.32 Å². The molecule has 2 heterocycles. The van der Waals surface area contributed by atoms with Crippen molar-refractivity contribution in [1.82, 2.24) is 20.2 Å². The van der Waals surface area contributed by atoms with Gasteiger partial charge in [0.25, 0.3) is 5.91 Å². The number of furan rings is 1. The Bertz CT molecular complexity index is 716. The molecule has 2 aromatic heterocycles. The van der Waals surface area contributed by atoms with E-state index in [2.05, 4.69) is 20.8 Å². The Morgan fingerprint density at radius 3 is 2.65 bits per heavy atom. The molecule has 1 N–H and O–H groups in total. The highest BCUT2D eigenvalue weighted by atomic mass is 16.3. The first kappa shape index (κ1) is 12.1. The first-order chi connectivity index (χ1) is 9.74. The predicted molar refractivity (Wildman–Crippen MR) is 70.6 cm³/mol. The number of hydrogen-bond donors (Lipinski definition) is 1. The highest BCUT2D eigenvalue weighted by molar-refractivity contribution is 6.03. The number of nitrogens with one attached hydrogen (secondary N) is 1. The van der Waals surface area contributed by atoms with Crippen LogP contribution in [-0.2, 0) is 0 Å². The van der Waals surface area contributed by atoms with Crippen LogP contribution >= 0.6 is 0 Å². The van der Waals surface area contributed by atoms with E-state index in [-0.39, 0.29) is 5.91 Å². The minimum Gasteiger partial charge on any atom is -0.459 e. The molecule has 0 fully saturated rings. The molecule has 0 saturated heterocycles. The molecule has 0 atom stereocenters. The summed E-state index contributed by atoms with van der Waals surface area (Å²) in [6.45, 7) is 1.82. The van der Waals surface area contributed by atoms with Crippen LogP contribution in [0.15, 0.2) is 47.3 Å². The molecule has 0 unspecified atom stereocenters. The van der Waals surface area contributed by atoms with Crippen molar-refractivity contribution in [2.75, 3.05) is 5.32 Å². The van der Waals surface area contributed by atoms with Gasteiger partial charge in [-0.2, -0.15) is 0 Å². The van der Waals surface area contributed by atoms with Crippen molar-refractivity contribution in [1.29, 1.82) is 0 Å². The van der Waals surface area contributed by atoms with Crippen LogP contribution in [0.4, 0.5) is 5.69 Å². The van der Waals surface area contributed by atoms with Gasteiger partial charge in [0.2, 0.25) is 0 Å². The minimum atomic E-state index is -0.275. The Balaban J connectivity index is 1.76. The zero-order valence-electron chi connectivity index (χ0n) is 10.6. The molecule has 0 saturated carbocycles. The van der Waals surface area contributed by atoms with Gasteiger partial charge in [0, 0.05) is 11.3 Å². The van der Waals surface area contributed by atoms with E-state index < -0.39 is 0 Å². The summed E-state index contributed by atoms with van der Waals surface area (Å²) in [5.74, 6) is 0.0391. The van der Waals surface area contributed by atoms with Gasteiger partial charge in [-0.15, -0.1) is 5.10 Å². The second kappa shape index (κ2) is 4.96. The maximum atomic E-state index is 12.0. The zero-order chi connectivity index (χ0) is 13.9. The summed E-state index contributed by atoms with van der Waals surface area (Å²) in [6.07, 6.45) is 2.99. The van der Waals surface area contributed by atoms with Crippen LogP contribution in [0, 0.1) is 6.92 Å². The lowest BCUT2D eigenvalue weighted by Gasteiger charge is -2.05. The van der Waals surface area contributed by atoms with Gasteiger partial charge in [0.15, 0.2) is 5.76 Å². The first-order valence-electron chi connectivity index (χ1n) is 5.93. The van der Waals surface area contributed by atoms with E-state index in [1.807, 2.05) is 6.92 Å². The smallest absolute Gasteiger partial charge is 0.291 e. The fourth-order valence-corrected chi connectivity index (χ4v) is 1.77. The number of aromatic nitrogens is 4. The fourth-order valence-electron chi connectivity index (χ4n) is 1.77. The van der Waals surface area contributed by atoms with E-state index in [1.54, 1.807) is 30.3 Å². The van der Waals surface area contributed by atoms with Crippen LogP contribution in [0.25, 0.3) is 5.69 Å². The Labute approximate surface area is 114 Å². The molecule has 7 heteroatoms. The van der Waals surface area contributed by atoms with Gasteiger partial charge < -0.3 is 9.73 Å². The van der Waals surface area contributed by atoms with E-state index in [9.17, 15) is 4.79 Å². The summed E-state index contributed by atoms with van der Waals surface area (Å²) in [4.78, 5) is 12.0. The molecule has 0 aliphatic carbocycles. The Kier molecular flexibility index (Phi) is 3.00. The van der Waals surface area contributed by atoms with E-state index in [0.717, 1.165) is 11.3 Å². The lowest BCUT2D eigenvalue weighted by molar-refractivity contribution is 0.0996. The summed E-state index contributed by atoms with van der Waals surface area (Å²) >= 11 is 0. The number of carbonyl (C=O) groups excluding carboxylic acids is 1. The molecule has 3 rings (SSSR count). The van der Waals surface area contributed by atoms with E-state index in [4.69, 9.17) is 4.42 Å². The Morgan fingerprint density at radius 1 is 1.25 bits per heavy atom. The normalized spacial score (nSPS) is 10.4. The molecule has 0 aliphatic heterocycles. The molecule has 0 radical (unpaired) electrons. The number of nitrogens with zero attached hydrogens (tertiary/aromatic N) is 4. The van der Waals surface area contributed by atoms with E-state index in [0.29, 0.717) is 11.4 Å². The van der Waals surface area contributed by atoms with Crippen molar-refractivity contribution >= 4 is 11.6 Å². The summed E-state index contributed by atoms with van der Waals surface area (Å²) in [5, 5.41) is 13.7. The molecule has 1 amide bonds. The summed E-state index contributed by atoms with van der Waals surface area (Å²) < 4.78 is 6.67. The molecule has 3 aromatic rings. The predicted octanol–water partition coefficient (Wildman–Crippen LogP) is 1.82. The standard InChI is InChI=1S/C13H11N5O2/c1-9-6-7-20-12(9)13(19)15-10-2-4-11(5-3-10)18-8-14-16-17-18/h2-8H,1H3,(H,15,19). The topological polar surface area (TPSA) is 85.8 Å². The van der Waals surface area contributed by atoms with Gasteiger partial charge in [0.05, 0.1) is 12.0 Å². The minimum absolute atomic E-state index is 0.275. The number of carbonyl (C=O) groups is 1. The van der Waals surface area contributed by atoms with Crippen molar-refractivity contribution < 1.29 is 9.21 Å². The molecule has 0 spiro atoms. The van der Waals surface area contributed by atoms with E-state index in [1.165, 1.54) is 17.3 Å². The van der Waals surface area contributed by atoms with Crippen LogP contribution in [-0.4, -0.2) is 26.1 Å². The first-order valence-corrected chi connectivity index (χ1v) is 5.93. The lowest BCUT2D eigenvalue weighted by Crippen LogP contribution is -2.12. The van der Waals surface area contributed by atoms with E-state index >= 15 is 0 Å². The van der Waals surface area contributed by atoms with Crippen molar-refractivity contribution in [2.24, 2.45) is 0 Å². The SMILES string of the molecule is Cc1ccoc1C(=O)Nc1ccc(-n2cnnn2)cc1. The molecule has 7 nitrogen and oxygen atoms in total. The Morgan fingerprint density at radius 2 is 2.05 bits per heavy atom. The molecule has 0 bridgehead atoms. The van der Waals surface area contributed by atoms with Gasteiger partial charge in [-0.1, -0.05) is 0 Å². The Hall–Kier alpha value is -2.96. The zero-order valence-corrected chi connectivity index (χ0v) is 10.6. The van der Waals surface area contributed by atoms with Crippen LogP contribution in [0.3, 0.4) is 0 Å². The van der Waals surface area contributed by atoms with Crippen LogP contribution in [0.2, 0.25) is 0 Å². The quantitative estimate of drug-likeness (QED) is 0.783. The number of tetrazole rings is 1. The van der Waals surface area contributed by atoms with Gasteiger partial charge in [-0.05, 0) is 47.7 Å². The van der Waals surface area contributed by atoms with Crippen molar-refractivity contribution in [3.63, 3.8) is 0 Å². The second-order valence-electron chi connectivity index (χ2n) is 4.19. The summed E-state index contributed by atoms with van der Waals surface area (Å²) in [5.41, 5.74) is 2.28. The second-order valence-corrected chi connectivity index (χ2v) is 4.19. The lowest BCUT2D eigenvalue weighted by atomic mass is 10.2. The third kappa shape index (κ3) is 2.28. The number of aryl methyl sites for hydroxylation is 1. The number of benzene rings is 1.